The molecule has 1 fully saturated rings. The summed E-state index contributed by atoms with van der Waals surface area (Å²) >= 11 is 1.01. The van der Waals surface area contributed by atoms with E-state index in [4.69, 9.17) is 0 Å². The maximum Gasteiger partial charge on any atom is 0.312 e. The number of hydrogen-bond acceptors (Lipinski definition) is 6. The topological polar surface area (TPSA) is 113 Å². The Balaban J connectivity index is 1.78. The average molecular weight is 475 g/mol. The van der Waals surface area contributed by atoms with Crippen LogP contribution in [0.2, 0.25) is 0 Å². The van der Waals surface area contributed by atoms with Crippen LogP contribution in [0.15, 0.2) is 52.3 Å². The highest BCUT2D eigenvalue weighted by Gasteiger charge is 2.30. The number of carbonyl (C=O) groups is 3. The van der Waals surface area contributed by atoms with Gasteiger partial charge < -0.3 is 15.1 Å². The first-order chi connectivity index (χ1) is 15.7. The van der Waals surface area contributed by atoms with Gasteiger partial charge in [0.05, 0.1) is 10.5 Å². The van der Waals surface area contributed by atoms with E-state index in [1.807, 2.05) is 0 Å². The minimum atomic E-state index is -0.702. The maximum absolute atomic E-state index is 14.1. The van der Waals surface area contributed by atoms with Crippen molar-refractivity contribution in [2.75, 3.05) is 26.2 Å². The van der Waals surface area contributed by atoms with Gasteiger partial charge in [-0.2, -0.15) is 0 Å². The molecular formula is C22H23FN4O5S. The van der Waals surface area contributed by atoms with E-state index in [2.05, 4.69) is 5.32 Å². The van der Waals surface area contributed by atoms with Gasteiger partial charge >= 0.3 is 11.8 Å². The molecule has 1 aliphatic rings. The Kier molecular flexibility index (Phi) is 7.64. The third-order valence-electron chi connectivity index (χ3n) is 4.93. The number of carbonyl (C=O) groups excluding carboxylic acids is 3. The van der Waals surface area contributed by atoms with E-state index in [9.17, 15) is 28.9 Å². The van der Waals surface area contributed by atoms with E-state index in [0.717, 1.165) is 11.8 Å². The molecule has 3 amide bonds. The SMILES string of the molecule is CC(C)NC(=O)C(=O)N1CCN(C(=O)c2cc([N+](=O)[O-])ccc2Sc2ccccc2F)CC1. The van der Waals surface area contributed by atoms with Gasteiger partial charge in [0.1, 0.15) is 5.82 Å². The Bertz CT molecular complexity index is 1090. The summed E-state index contributed by atoms with van der Waals surface area (Å²) in [5, 5.41) is 13.8. The second-order valence-electron chi connectivity index (χ2n) is 7.68. The van der Waals surface area contributed by atoms with Crippen LogP contribution in [0.5, 0.6) is 0 Å². The Hall–Kier alpha value is -3.47. The van der Waals surface area contributed by atoms with Crippen LogP contribution < -0.4 is 5.32 Å². The summed E-state index contributed by atoms with van der Waals surface area (Å²) in [6.45, 7) is 4.12. The second-order valence-corrected chi connectivity index (χ2v) is 8.77. The van der Waals surface area contributed by atoms with Crippen LogP contribution >= 0.6 is 11.8 Å². The molecule has 1 N–H and O–H groups in total. The number of halogens is 1. The van der Waals surface area contributed by atoms with Gasteiger partial charge in [0.15, 0.2) is 0 Å². The van der Waals surface area contributed by atoms with Crippen LogP contribution in [0.3, 0.4) is 0 Å². The molecule has 33 heavy (non-hydrogen) atoms. The minimum Gasteiger partial charge on any atom is -0.346 e. The first-order valence-electron chi connectivity index (χ1n) is 10.3. The standard InChI is InChI=1S/C22H23FN4O5S/c1-14(2)24-20(28)22(30)26-11-9-25(10-12-26)21(29)16-13-15(27(31)32)7-8-18(16)33-19-6-4-3-5-17(19)23/h3-8,13-14H,9-12H2,1-2H3,(H,24,28). The van der Waals surface area contributed by atoms with Crippen molar-refractivity contribution >= 4 is 35.2 Å². The highest BCUT2D eigenvalue weighted by atomic mass is 32.2. The summed E-state index contributed by atoms with van der Waals surface area (Å²) in [5.41, 5.74) is -0.176. The van der Waals surface area contributed by atoms with Crippen molar-refractivity contribution in [1.82, 2.24) is 15.1 Å². The third-order valence-corrected chi connectivity index (χ3v) is 6.06. The number of amides is 3. The molecule has 0 radical (unpaired) electrons. The molecule has 2 aromatic rings. The molecule has 0 unspecified atom stereocenters. The fraction of sp³-hybridized carbons (Fsp3) is 0.318. The van der Waals surface area contributed by atoms with Gasteiger partial charge in [0.25, 0.3) is 11.6 Å². The van der Waals surface area contributed by atoms with Crippen molar-refractivity contribution in [3.8, 4) is 0 Å². The van der Waals surface area contributed by atoms with Gasteiger partial charge in [-0.15, -0.1) is 0 Å². The number of benzene rings is 2. The lowest BCUT2D eigenvalue weighted by atomic mass is 10.1. The molecule has 0 saturated carbocycles. The zero-order valence-corrected chi connectivity index (χ0v) is 18.9. The maximum atomic E-state index is 14.1. The van der Waals surface area contributed by atoms with Gasteiger partial charge in [-0.05, 0) is 32.0 Å². The monoisotopic (exact) mass is 474 g/mol. The molecule has 0 spiro atoms. The fourth-order valence-electron chi connectivity index (χ4n) is 3.28. The van der Waals surface area contributed by atoms with Gasteiger partial charge in [-0.3, -0.25) is 24.5 Å². The van der Waals surface area contributed by atoms with Crippen molar-refractivity contribution in [2.24, 2.45) is 0 Å². The highest BCUT2D eigenvalue weighted by molar-refractivity contribution is 7.99. The van der Waals surface area contributed by atoms with E-state index in [0.29, 0.717) is 4.90 Å². The predicted molar refractivity (Wildman–Crippen MR) is 119 cm³/mol. The van der Waals surface area contributed by atoms with Gasteiger partial charge in [0, 0.05) is 54.1 Å². The largest absolute Gasteiger partial charge is 0.346 e. The number of nitro benzene ring substituents is 1. The predicted octanol–water partition coefficient (Wildman–Crippen LogP) is 2.69. The summed E-state index contributed by atoms with van der Waals surface area (Å²) in [4.78, 5) is 51.6. The van der Waals surface area contributed by atoms with Crippen LogP contribution in [0.25, 0.3) is 0 Å². The molecule has 1 heterocycles. The average Bonchev–Trinajstić information content (AvgIpc) is 2.79. The summed E-state index contributed by atoms with van der Waals surface area (Å²) in [7, 11) is 0. The summed E-state index contributed by atoms with van der Waals surface area (Å²) in [6, 6.07) is 9.75. The normalized spacial score (nSPS) is 13.7. The third kappa shape index (κ3) is 5.86. The Morgan fingerprint density at radius 1 is 1.03 bits per heavy atom. The molecule has 11 heteroatoms. The molecule has 0 atom stereocenters. The number of piperazine rings is 1. The summed E-state index contributed by atoms with van der Waals surface area (Å²) in [5.74, 6) is -2.30. The zero-order chi connectivity index (χ0) is 24.1. The fourth-order valence-corrected chi connectivity index (χ4v) is 4.23. The highest BCUT2D eigenvalue weighted by Crippen LogP contribution is 2.34. The molecule has 9 nitrogen and oxygen atoms in total. The Morgan fingerprint density at radius 3 is 2.27 bits per heavy atom. The molecule has 0 aromatic heterocycles. The van der Waals surface area contributed by atoms with E-state index < -0.39 is 28.5 Å². The van der Waals surface area contributed by atoms with Crippen molar-refractivity contribution in [1.29, 1.82) is 0 Å². The molecule has 1 saturated heterocycles. The Labute approximate surface area is 194 Å². The number of non-ortho nitro benzene ring substituents is 1. The van der Waals surface area contributed by atoms with Crippen LogP contribution in [0.4, 0.5) is 10.1 Å². The van der Waals surface area contributed by atoms with E-state index in [1.54, 1.807) is 32.0 Å². The van der Waals surface area contributed by atoms with E-state index in [-0.39, 0.29) is 48.4 Å². The number of rotatable bonds is 5. The number of nitrogens with one attached hydrogen (secondary N) is 1. The van der Waals surface area contributed by atoms with Crippen molar-refractivity contribution < 1.29 is 23.7 Å². The van der Waals surface area contributed by atoms with Crippen LogP contribution in [-0.2, 0) is 9.59 Å². The van der Waals surface area contributed by atoms with E-state index >= 15 is 0 Å². The van der Waals surface area contributed by atoms with Gasteiger partial charge in [-0.1, -0.05) is 23.9 Å². The first-order valence-corrected chi connectivity index (χ1v) is 11.1. The quantitative estimate of drug-likeness (QED) is 0.405. The van der Waals surface area contributed by atoms with Crippen molar-refractivity contribution in [3.63, 3.8) is 0 Å². The lowest BCUT2D eigenvalue weighted by molar-refractivity contribution is -0.384. The van der Waals surface area contributed by atoms with Crippen LogP contribution in [0.1, 0.15) is 24.2 Å². The molecule has 174 valence electrons. The van der Waals surface area contributed by atoms with Gasteiger partial charge in [0.2, 0.25) is 0 Å². The second kappa shape index (κ2) is 10.4. The van der Waals surface area contributed by atoms with Crippen molar-refractivity contribution in [2.45, 2.75) is 29.7 Å². The minimum absolute atomic E-state index is 0.0785. The summed E-state index contributed by atoms with van der Waals surface area (Å²) < 4.78 is 14.1. The zero-order valence-electron chi connectivity index (χ0n) is 18.1. The molecule has 0 bridgehead atoms. The lowest BCUT2D eigenvalue weighted by Crippen LogP contribution is -2.54. The smallest absolute Gasteiger partial charge is 0.312 e. The molecule has 1 aliphatic heterocycles. The number of hydrogen-bond donors (Lipinski definition) is 1. The number of nitrogens with zero attached hydrogens (tertiary/aromatic N) is 3. The van der Waals surface area contributed by atoms with Gasteiger partial charge in [-0.25, -0.2) is 4.39 Å². The summed E-state index contributed by atoms with van der Waals surface area (Å²) in [6.07, 6.45) is 0. The van der Waals surface area contributed by atoms with Crippen molar-refractivity contribution in [3.05, 3.63) is 64.0 Å². The number of nitro groups is 1. The molecule has 3 rings (SSSR count). The van der Waals surface area contributed by atoms with Crippen LogP contribution in [0, 0.1) is 15.9 Å². The van der Waals surface area contributed by atoms with Crippen LogP contribution in [-0.4, -0.2) is 64.7 Å². The molecular weight excluding hydrogens is 451 g/mol. The molecule has 0 aliphatic carbocycles. The first kappa shape index (κ1) is 24.2. The Morgan fingerprint density at radius 2 is 1.67 bits per heavy atom. The molecule has 2 aromatic carbocycles. The lowest BCUT2D eigenvalue weighted by Gasteiger charge is -2.34. The van der Waals surface area contributed by atoms with E-state index in [1.165, 1.54) is 34.1 Å².